The molecule has 10 heteroatoms. The fourth-order valence-electron chi connectivity index (χ4n) is 13.5. The summed E-state index contributed by atoms with van der Waals surface area (Å²) in [7, 11) is 0. The molecule has 1 heterocycles. The molecule has 6 rings (SSSR count). The van der Waals surface area contributed by atoms with E-state index >= 15 is 0 Å². The van der Waals surface area contributed by atoms with Crippen LogP contribution in [-0.4, -0.2) is 97.3 Å². The van der Waals surface area contributed by atoms with Crippen LogP contribution in [-0.2, 0) is 14.3 Å². The van der Waals surface area contributed by atoms with Gasteiger partial charge in [0.25, 0.3) is 0 Å². The molecule has 5 saturated carbocycles. The van der Waals surface area contributed by atoms with Gasteiger partial charge in [0.1, 0.15) is 24.4 Å². The average Bonchev–Trinajstić information content (AvgIpc) is 3.36. The Morgan fingerprint density at radius 3 is 1.98 bits per heavy atom. The predicted octanol–water partition coefficient (Wildman–Crippen LogP) is 3.08. The minimum absolute atomic E-state index is 0.0145. The van der Waals surface area contributed by atoms with Gasteiger partial charge in [0.15, 0.2) is 11.9 Å². The number of ether oxygens (including phenoxy) is 2. The first-order chi connectivity index (χ1) is 21.3. The summed E-state index contributed by atoms with van der Waals surface area (Å²) < 4.78 is 11.8. The van der Waals surface area contributed by atoms with Crippen LogP contribution in [0.25, 0.3) is 0 Å². The molecule has 0 radical (unpaired) electrons. The number of aliphatic carboxylic acids is 1. The molecule has 0 aromatic carbocycles. The number of hydrogen-bond acceptors (Lipinski definition) is 9. The Morgan fingerprint density at radius 1 is 0.783 bits per heavy atom. The molecule has 6 fully saturated rings. The number of aliphatic hydroxyl groups is 6. The molecular weight excluding hydrogens is 592 g/mol. The van der Waals surface area contributed by atoms with Crippen molar-refractivity contribution in [1.29, 1.82) is 0 Å². The molecule has 17 atom stereocenters. The summed E-state index contributed by atoms with van der Waals surface area (Å²) in [6.07, 6.45) is 1.96. The lowest BCUT2D eigenvalue weighted by atomic mass is 9.31. The molecule has 0 aromatic rings. The zero-order valence-corrected chi connectivity index (χ0v) is 28.7. The SMILES string of the molecule is C[C@]12CC[C@H](O)[C@](C)(CO[C@H]3O[C@@H](CO)[C@H](O)[C@@H](O)[C@@H]3O)[C@@H]1CC[C@@]1(C)[C@H]2CC[C@@H]2[C@@]3(C)CC[C@@H]([C@@](C)(O)C(=O)O)[C@@H]3CC[C@@]21C. The zero-order valence-electron chi connectivity index (χ0n) is 28.7. The number of carbonyl (C=O) groups is 1. The lowest BCUT2D eigenvalue weighted by Gasteiger charge is -2.73. The molecule has 0 bridgehead atoms. The molecule has 0 amide bonds. The van der Waals surface area contributed by atoms with Crippen molar-refractivity contribution < 1.29 is 50.0 Å². The highest BCUT2D eigenvalue weighted by Crippen LogP contribution is 2.78. The van der Waals surface area contributed by atoms with Gasteiger partial charge < -0.3 is 45.2 Å². The molecule has 7 N–H and O–H groups in total. The van der Waals surface area contributed by atoms with E-state index in [0.29, 0.717) is 18.3 Å². The average molecular weight is 653 g/mol. The molecule has 6 aliphatic rings. The van der Waals surface area contributed by atoms with Crippen LogP contribution >= 0.6 is 0 Å². The fraction of sp³-hybridized carbons (Fsp3) is 0.972. The highest BCUT2D eigenvalue weighted by molar-refractivity contribution is 5.77. The molecule has 264 valence electrons. The van der Waals surface area contributed by atoms with Crippen LogP contribution in [0.15, 0.2) is 0 Å². The van der Waals surface area contributed by atoms with Gasteiger partial charge in [0.05, 0.1) is 19.3 Å². The van der Waals surface area contributed by atoms with Crippen molar-refractivity contribution >= 4 is 5.97 Å². The molecule has 5 aliphatic carbocycles. The lowest BCUT2D eigenvalue weighted by molar-refractivity contribution is -0.317. The predicted molar refractivity (Wildman–Crippen MR) is 168 cm³/mol. The second-order valence-corrected chi connectivity index (χ2v) is 17.9. The van der Waals surface area contributed by atoms with Crippen LogP contribution in [0, 0.1) is 56.7 Å². The van der Waals surface area contributed by atoms with Crippen molar-refractivity contribution in [2.24, 2.45) is 56.7 Å². The summed E-state index contributed by atoms with van der Waals surface area (Å²) >= 11 is 0. The maximum Gasteiger partial charge on any atom is 0.335 e. The number of carboxylic acid groups (broad SMARTS) is 1. The normalized spacial score (nSPS) is 56.6. The Hall–Kier alpha value is -0.850. The van der Waals surface area contributed by atoms with Gasteiger partial charge in [-0.2, -0.15) is 0 Å². The van der Waals surface area contributed by atoms with E-state index in [-0.39, 0.29) is 46.0 Å². The van der Waals surface area contributed by atoms with Crippen molar-refractivity contribution in [2.75, 3.05) is 13.2 Å². The quantitative estimate of drug-likeness (QED) is 0.226. The molecule has 10 nitrogen and oxygen atoms in total. The van der Waals surface area contributed by atoms with Crippen LogP contribution < -0.4 is 0 Å². The Bertz CT molecular complexity index is 1180. The summed E-state index contributed by atoms with van der Waals surface area (Å²) in [6.45, 7) is 13.0. The second-order valence-electron chi connectivity index (χ2n) is 17.9. The van der Waals surface area contributed by atoms with Crippen molar-refractivity contribution in [3.63, 3.8) is 0 Å². The minimum Gasteiger partial charge on any atom is -0.479 e. The van der Waals surface area contributed by atoms with Gasteiger partial charge in [0.2, 0.25) is 0 Å². The van der Waals surface area contributed by atoms with Crippen LogP contribution in [0.3, 0.4) is 0 Å². The topological polar surface area (TPSA) is 177 Å². The highest BCUT2D eigenvalue weighted by Gasteiger charge is 2.72. The Balaban J connectivity index is 1.25. The third kappa shape index (κ3) is 4.60. The van der Waals surface area contributed by atoms with Crippen LogP contribution in [0.2, 0.25) is 0 Å². The van der Waals surface area contributed by atoms with E-state index in [2.05, 4.69) is 34.6 Å². The molecule has 1 aliphatic heterocycles. The maximum absolute atomic E-state index is 12.1. The highest BCUT2D eigenvalue weighted by atomic mass is 16.7. The fourth-order valence-corrected chi connectivity index (χ4v) is 13.5. The van der Waals surface area contributed by atoms with Gasteiger partial charge in [-0.05, 0) is 116 Å². The van der Waals surface area contributed by atoms with Gasteiger partial charge in [-0.15, -0.1) is 0 Å². The van der Waals surface area contributed by atoms with Crippen LogP contribution in [0.1, 0.15) is 106 Å². The number of hydrogen-bond donors (Lipinski definition) is 7. The van der Waals surface area contributed by atoms with Crippen molar-refractivity contribution in [3.05, 3.63) is 0 Å². The Kier molecular flexibility index (Phi) is 8.62. The van der Waals surface area contributed by atoms with Crippen molar-refractivity contribution in [2.45, 2.75) is 148 Å². The van der Waals surface area contributed by atoms with E-state index in [0.717, 1.165) is 57.8 Å². The number of fused-ring (bicyclic) bond motifs is 7. The smallest absolute Gasteiger partial charge is 0.335 e. The molecule has 1 saturated heterocycles. The first-order valence-electron chi connectivity index (χ1n) is 17.9. The first kappa shape index (κ1) is 35.0. The van der Waals surface area contributed by atoms with E-state index in [1.54, 1.807) is 0 Å². The molecule has 46 heavy (non-hydrogen) atoms. The number of aliphatic hydroxyl groups excluding tert-OH is 5. The van der Waals surface area contributed by atoms with Crippen LogP contribution in [0.5, 0.6) is 0 Å². The Morgan fingerprint density at radius 2 is 1.37 bits per heavy atom. The minimum atomic E-state index is -1.71. The largest absolute Gasteiger partial charge is 0.479 e. The van der Waals surface area contributed by atoms with Gasteiger partial charge >= 0.3 is 5.97 Å². The summed E-state index contributed by atoms with van der Waals surface area (Å²) in [5.74, 6) is -0.127. The maximum atomic E-state index is 12.1. The van der Waals surface area contributed by atoms with Gasteiger partial charge in [-0.3, -0.25) is 0 Å². The zero-order chi connectivity index (χ0) is 33.8. The molecule has 0 spiro atoms. The number of carboxylic acids is 1. The summed E-state index contributed by atoms with van der Waals surface area (Å²) in [6, 6.07) is 0. The summed E-state index contributed by atoms with van der Waals surface area (Å²) in [5.41, 5.74) is -2.29. The first-order valence-corrected chi connectivity index (χ1v) is 17.9. The van der Waals surface area contributed by atoms with Crippen molar-refractivity contribution in [3.8, 4) is 0 Å². The molecule has 0 unspecified atom stereocenters. The molecule has 0 aromatic heterocycles. The summed E-state index contributed by atoms with van der Waals surface area (Å²) in [4.78, 5) is 12.1. The third-order valence-electron chi connectivity index (χ3n) is 16.3. The standard InChI is InChI=1S/C36H60O10/c1-31-13-9-20(36(6,44)30(42)43)19(31)10-15-34(4)23(31)7-8-24-32(2)14-12-25(38)33(3,22(32)11-16-35(24,34)5)18-45-29-28(41)27(40)26(39)21(17-37)46-29/h19-29,37-41,44H,7-18H2,1-6H3,(H,42,43)/t19-,20+,21-,22+,23+,24-,25-,26-,27+,28-,29-,31-,32-,33+,34-,35-,36+/m0/s1. The van der Waals surface area contributed by atoms with Crippen molar-refractivity contribution in [1.82, 2.24) is 0 Å². The monoisotopic (exact) mass is 652 g/mol. The van der Waals surface area contributed by atoms with E-state index in [1.165, 1.54) is 6.92 Å². The molecular formula is C36H60O10. The number of rotatable bonds is 6. The van der Waals surface area contributed by atoms with E-state index < -0.39 is 60.4 Å². The Labute approximate surface area is 273 Å². The van der Waals surface area contributed by atoms with E-state index in [1.807, 2.05) is 0 Å². The van der Waals surface area contributed by atoms with E-state index in [9.17, 15) is 40.5 Å². The van der Waals surface area contributed by atoms with E-state index in [4.69, 9.17) is 9.47 Å². The van der Waals surface area contributed by atoms with Crippen LogP contribution in [0.4, 0.5) is 0 Å². The summed E-state index contributed by atoms with van der Waals surface area (Å²) in [5, 5.41) is 73.4. The third-order valence-corrected chi connectivity index (χ3v) is 16.3. The lowest BCUT2D eigenvalue weighted by Crippen LogP contribution is -2.68. The second kappa shape index (κ2) is 11.3. The van der Waals surface area contributed by atoms with Gasteiger partial charge in [-0.25, -0.2) is 4.79 Å². The van der Waals surface area contributed by atoms with Gasteiger partial charge in [0, 0.05) is 11.3 Å². The van der Waals surface area contributed by atoms with Gasteiger partial charge in [-0.1, -0.05) is 34.6 Å².